The molecular weight excluding hydrogens is 226 g/mol. The summed E-state index contributed by atoms with van der Waals surface area (Å²) < 4.78 is 26.9. The van der Waals surface area contributed by atoms with E-state index in [1.165, 1.54) is 0 Å². The highest BCUT2D eigenvalue weighted by molar-refractivity contribution is 5.49. The molecule has 0 bridgehead atoms. The number of nitrogens with one attached hydrogen (secondary N) is 1. The molecule has 17 heavy (non-hydrogen) atoms. The average Bonchev–Trinajstić information content (AvgIpc) is 2.26. The number of hydrazine groups is 1. The number of hydrogen-bond donors (Lipinski definition) is 2. The molecule has 0 spiro atoms. The molecule has 0 atom stereocenters. The van der Waals surface area contributed by atoms with Crippen LogP contribution in [0, 0.1) is 11.6 Å². The van der Waals surface area contributed by atoms with Gasteiger partial charge < -0.3 is 10.3 Å². The molecule has 0 aromatic carbocycles. The van der Waals surface area contributed by atoms with Crippen molar-refractivity contribution in [3.63, 3.8) is 0 Å². The van der Waals surface area contributed by atoms with E-state index in [-0.39, 0.29) is 17.7 Å². The van der Waals surface area contributed by atoms with Crippen molar-refractivity contribution in [3.05, 3.63) is 17.7 Å². The number of hydrogen-bond acceptors (Lipinski definition) is 4. The van der Waals surface area contributed by atoms with Gasteiger partial charge >= 0.3 is 0 Å². The summed E-state index contributed by atoms with van der Waals surface area (Å²) in [6, 6.07) is 0.871. The van der Waals surface area contributed by atoms with Crippen LogP contribution in [0.25, 0.3) is 0 Å². The minimum atomic E-state index is -0.797. The minimum absolute atomic E-state index is 0.0769. The quantitative estimate of drug-likeness (QED) is 0.616. The fraction of sp³-hybridized carbons (Fsp3) is 0.545. The van der Waals surface area contributed by atoms with Gasteiger partial charge in [-0.15, -0.1) is 0 Å². The van der Waals surface area contributed by atoms with E-state index in [9.17, 15) is 8.78 Å². The lowest BCUT2D eigenvalue weighted by Gasteiger charge is -2.28. The molecule has 0 radical (unpaired) electrons. The van der Waals surface area contributed by atoms with Gasteiger partial charge in [-0.05, 0) is 20.3 Å². The monoisotopic (exact) mass is 244 g/mol. The number of anilines is 2. The molecule has 0 aliphatic heterocycles. The summed E-state index contributed by atoms with van der Waals surface area (Å²) in [5, 5.41) is 0. The minimum Gasteiger partial charge on any atom is -0.352 e. The molecule has 3 N–H and O–H groups in total. The normalized spacial score (nSPS) is 10.8. The SMILES string of the molecule is CCCN(c1nc(NN)c(F)cc1F)C(C)C. The Bertz CT molecular complexity index is 382. The number of halogens is 2. The fourth-order valence-corrected chi connectivity index (χ4v) is 1.61. The predicted molar refractivity (Wildman–Crippen MR) is 64.7 cm³/mol. The molecule has 4 nitrogen and oxygen atoms in total. The van der Waals surface area contributed by atoms with Crippen LogP contribution >= 0.6 is 0 Å². The Hall–Kier alpha value is -1.43. The summed E-state index contributed by atoms with van der Waals surface area (Å²) in [5.74, 6) is 3.62. The third kappa shape index (κ3) is 3.03. The van der Waals surface area contributed by atoms with Gasteiger partial charge in [0.2, 0.25) is 0 Å². The van der Waals surface area contributed by atoms with Crippen LogP contribution in [0.5, 0.6) is 0 Å². The van der Waals surface area contributed by atoms with Crippen molar-refractivity contribution >= 4 is 11.6 Å². The van der Waals surface area contributed by atoms with E-state index in [0.717, 1.165) is 12.5 Å². The Balaban J connectivity index is 3.18. The molecule has 0 unspecified atom stereocenters. The molecule has 0 fully saturated rings. The van der Waals surface area contributed by atoms with Crippen LogP contribution in [0.2, 0.25) is 0 Å². The van der Waals surface area contributed by atoms with E-state index in [1.807, 2.05) is 20.8 Å². The summed E-state index contributed by atoms with van der Waals surface area (Å²) in [7, 11) is 0. The molecule has 1 aromatic rings. The van der Waals surface area contributed by atoms with E-state index >= 15 is 0 Å². The number of nitrogens with zero attached hydrogens (tertiary/aromatic N) is 2. The van der Waals surface area contributed by atoms with E-state index in [2.05, 4.69) is 10.4 Å². The van der Waals surface area contributed by atoms with Crippen molar-refractivity contribution in [2.24, 2.45) is 5.84 Å². The van der Waals surface area contributed by atoms with Gasteiger partial charge in [-0.3, -0.25) is 0 Å². The molecule has 6 heteroatoms. The molecule has 1 heterocycles. The second-order valence-electron chi connectivity index (χ2n) is 4.06. The van der Waals surface area contributed by atoms with Crippen molar-refractivity contribution < 1.29 is 8.78 Å². The molecule has 0 aliphatic carbocycles. The first-order valence-corrected chi connectivity index (χ1v) is 5.60. The first-order valence-electron chi connectivity index (χ1n) is 5.60. The maximum atomic E-state index is 13.7. The lowest BCUT2D eigenvalue weighted by atomic mass is 10.2. The van der Waals surface area contributed by atoms with Crippen LogP contribution in [-0.4, -0.2) is 17.6 Å². The second-order valence-corrected chi connectivity index (χ2v) is 4.06. The standard InChI is InChI=1S/C11H18F2N4/c1-4-5-17(7(2)3)11-9(13)6-8(12)10(15-11)16-14/h6-7H,4-5,14H2,1-3H3,(H,15,16). The Morgan fingerprint density at radius 2 is 2.06 bits per heavy atom. The summed E-state index contributed by atoms with van der Waals surface area (Å²) in [5.41, 5.74) is 2.12. The summed E-state index contributed by atoms with van der Waals surface area (Å²) in [6.07, 6.45) is 0.849. The second kappa shape index (κ2) is 5.77. The average molecular weight is 244 g/mol. The number of pyridine rings is 1. The maximum Gasteiger partial charge on any atom is 0.178 e. The van der Waals surface area contributed by atoms with E-state index in [4.69, 9.17) is 5.84 Å². The number of nitrogen functional groups attached to an aromatic ring is 1. The van der Waals surface area contributed by atoms with Gasteiger partial charge in [-0.2, -0.15) is 0 Å². The van der Waals surface area contributed by atoms with Gasteiger partial charge in [-0.1, -0.05) is 6.92 Å². The number of aromatic nitrogens is 1. The van der Waals surface area contributed by atoms with E-state index in [0.29, 0.717) is 6.54 Å². The highest BCUT2D eigenvalue weighted by Crippen LogP contribution is 2.23. The fourth-order valence-electron chi connectivity index (χ4n) is 1.61. The topological polar surface area (TPSA) is 54.2 Å². The van der Waals surface area contributed by atoms with Crippen molar-refractivity contribution in [2.45, 2.75) is 33.2 Å². The lowest BCUT2D eigenvalue weighted by molar-refractivity contribution is 0.558. The Labute approximate surface area is 99.8 Å². The molecule has 1 rings (SSSR count). The summed E-state index contributed by atoms with van der Waals surface area (Å²) in [6.45, 7) is 6.49. The van der Waals surface area contributed by atoms with Crippen molar-refractivity contribution in [3.8, 4) is 0 Å². The molecule has 0 saturated heterocycles. The first-order chi connectivity index (χ1) is 8.01. The van der Waals surface area contributed by atoms with Crippen LogP contribution in [0.15, 0.2) is 6.07 Å². The Morgan fingerprint density at radius 1 is 1.41 bits per heavy atom. The van der Waals surface area contributed by atoms with E-state index < -0.39 is 11.6 Å². The summed E-state index contributed by atoms with van der Waals surface area (Å²) in [4.78, 5) is 5.64. The van der Waals surface area contributed by atoms with Gasteiger partial charge in [0.1, 0.15) is 0 Å². The zero-order valence-corrected chi connectivity index (χ0v) is 10.3. The molecule has 0 amide bonds. The van der Waals surface area contributed by atoms with Crippen LogP contribution in [0.3, 0.4) is 0 Å². The molecule has 0 aliphatic rings. The van der Waals surface area contributed by atoms with Gasteiger partial charge in [0.15, 0.2) is 23.3 Å². The maximum absolute atomic E-state index is 13.7. The smallest absolute Gasteiger partial charge is 0.178 e. The molecule has 0 saturated carbocycles. The van der Waals surface area contributed by atoms with Gasteiger partial charge in [0.25, 0.3) is 0 Å². The van der Waals surface area contributed by atoms with Crippen LogP contribution in [0.1, 0.15) is 27.2 Å². The number of rotatable bonds is 5. The highest BCUT2D eigenvalue weighted by atomic mass is 19.1. The third-order valence-electron chi connectivity index (χ3n) is 2.41. The van der Waals surface area contributed by atoms with Crippen molar-refractivity contribution in [1.82, 2.24) is 4.98 Å². The molecule has 1 aromatic heterocycles. The largest absolute Gasteiger partial charge is 0.352 e. The summed E-state index contributed by atoms with van der Waals surface area (Å²) >= 11 is 0. The first kappa shape index (κ1) is 13.6. The third-order valence-corrected chi connectivity index (χ3v) is 2.41. The number of nitrogens with two attached hydrogens (primary N) is 1. The van der Waals surface area contributed by atoms with Gasteiger partial charge in [0.05, 0.1) is 0 Å². The van der Waals surface area contributed by atoms with Crippen LogP contribution in [0.4, 0.5) is 20.4 Å². The van der Waals surface area contributed by atoms with Crippen molar-refractivity contribution in [2.75, 3.05) is 16.9 Å². The zero-order valence-electron chi connectivity index (χ0n) is 10.3. The van der Waals surface area contributed by atoms with Gasteiger partial charge in [-0.25, -0.2) is 19.6 Å². The van der Waals surface area contributed by atoms with Crippen molar-refractivity contribution in [1.29, 1.82) is 0 Å². The zero-order chi connectivity index (χ0) is 13.0. The van der Waals surface area contributed by atoms with E-state index in [1.54, 1.807) is 4.90 Å². The van der Waals surface area contributed by atoms with Crippen LogP contribution < -0.4 is 16.2 Å². The van der Waals surface area contributed by atoms with Crippen LogP contribution in [-0.2, 0) is 0 Å². The van der Waals surface area contributed by atoms with Gasteiger partial charge in [0, 0.05) is 18.7 Å². The highest BCUT2D eigenvalue weighted by Gasteiger charge is 2.18. The Kier molecular flexibility index (Phi) is 4.62. The molecular formula is C11H18F2N4. The molecule has 96 valence electrons. The lowest BCUT2D eigenvalue weighted by Crippen LogP contribution is -2.33. The Morgan fingerprint density at radius 3 is 2.53 bits per heavy atom. The predicted octanol–water partition coefficient (Wildman–Crippen LogP) is 2.27.